The van der Waals surface area contributed by atoms with Gasteiger partial charge in [-0.15, -0.1) is 0 Å². The first-order valence-electron chi connectivity index (χ1n) is 6.54. The van der Waals surface area contributed by atoms with E-state index in [2.05, 4.69) is 0 Å². The lowest BCUT2D eigenvalue weighted by Crippen LogP contribution is -2.21. The van der Waals surface area contributed by atoms with E-state index in [0.29, 0.717) is 5.56 Å². The fourth-order valence-electron chi connectivity index (χ4n) is 1.61. The summed E-state index contributed by atoms with van der Waals surface area (Å²) in [4.78, 5) is 11.7. The molecule has 21 heavy (non-hydrogen) atoms. The second-order valence-corrected chi connectivity index (χ2v) is 6.68. The maximum absolute atomic E-state index is 11.8. The lowest BCUT2D eigenvalue weighted by atomic mass is 10.1. The Morgan fingerprint density at radius 3 is 2.38 bits per heavy atom. The number of primary sulfonamides is 1. The van der Waals surface area contributed by atoms with E-state index in [1.54, 1.807) is 6.07 Å². The third-order valence-electron chi connectivity index (χ3n) is 3.14. The highest BCUT2D eigenvalue weighted by Gasteiger charge is 2.18. The van der Waals surface area contributed by atoms with Crippen LogP contribution in [0.5, 0.6) is 5.75 Å². The molecule has 0 radical (unpaired) electrons. The van der Waals surface area contributed by atoms with Gasteiger partial charge in [-0.2, -0.15) is 0 Å². The van der Waals surface area contributed by atoms with Gasteiger partial charge >= 0.3 is 5.97 Å². The zero-order valence-electron chi connectivity index (χ0n) is 12.6. The molecule has 0 aliphatic heterocycles. The first-order valence-corrected chi connectivity index (χ1v) is 8.09. The van der Waals surface area contributed by atoms with Crippen LogP contribution in [0.4, 0.5) is 0 Å². The Hall–Kier alpha value is -1.60. The molecule has 0 aromatic heterocycles. The highest BCUT2D eigenvalue weighted by Crippen LogP contribution is 2.24. The van der Waals surface area contributed by atoms with Gasteiger partial charge in [-0.05, 0) is 30.5 Å². The van der Waals surface area contributed by atoms with Gasteiger partial charge in [0.2, 0.25) is 10.0 Å². The third kappa shape index (κ3) is 5.02. The Bertz CT molecular complexity index is 610. The lowest BCUT2D eigenvalue weighted by Gasteiger charge is -2.16. The predicted molar refractivity (Wildman–Crippen MR) is 78.5 cm³/mol. The summed E-state index contributed by atoms with van der Waals surface area (Å²) in [5.41, 5.74) is 0.501. The van der Waals surface area contributed by atoms with E-state index in [1.807, 2.05) is 20.8 Å². The van der Waals surface area contributed by atoms with Gasteiger partial charge in [0.1, 0.15) is 16.7 Å². The Morgan fingerprint density at radius 1 is 1.29 bits per heavy atom. The van der Waals surface area contributed by atoms with Crippen LogP contribution in [0.15, 0.2) is 23.1 Å². The molecule has 0 heterocycles. The number of esters is 1. The fourth-order valence-corrected chi connectivity index (χ4v) is 2.35. The van der Waals surface area contributed by atoms with Crippen molar-refractivity contribution < 1.29 is 22.7 Å². The molecule has 1 rings (SSSR count). The van der Waals surface area contributed by atoms with Crippen molar-refractivity contribution in [2.45, 2.75) is 38.2 Å². The van der Waals surface area contributed by atoms with Crippen LogP contribution < -0.4 is 9.88 Å². The van der Waals surface area contributed by atoms with Crippen molar-refractivity contribution in [3.05, 3.63) is 23.8 Å². The molecule has 0 amide bonds. The molecule has 0 spiro atoms. The zero-order valence-corrected chi connectivity index (χ0v) is 13.4. The smallest absolute Gasteiger partial charge is 0.310 e. The number of benzene rings is 1. The molecule has 0 fully saturated rings. The van der Waals surface area contributed by atoms with Gasteiger partial charge in [-0.25, -0.2) is 13.6 Å². The Labute approximate surface area is 125 Å². The molecule has 0 saturated carbocycles. The molecular formula is C14H21NO5S. The number of carbonyl (C=O) groups is 1. The summed E-state index contributed by atoms with van der Waals surface area (Å²) in [7, 11) is -2.57. The normalized spacial score (nSPS) is 13.0. The molecule has 6 nitrogen and oxygen atoms in total. The van der Waals surface area contributed by atoms with Gasteiger partial charge in [0.05, 0.1) is 13.5 Å². The molecule has 2 N–H and O–H groups in total. The molecule has 1 atom stereocenters. The van der Waals surface area contributed by atoms with Crippen LogP contribution in [0.2, 0.25) is 0 Å². The van der Waals surface area contributed by atoms with Crippen LogP contribution in [-0.2, 0) is 26.0 Å². The minimum atomic E-state index is -3.92. The van der Waals surface area contributed by atoms with Crippen LogP contribution in [0.1, 0.15) is 26.3 Å². The Balaban J connectivity index is 2.93. The average Bonchev–Trinajstić information content (AvgIpc) is 2.37. The van der Waals surface area contributed by atoms with E-state index >= 15 is 0 Å². The molecule has 7 heteroatoms. The number of carbonyl (C=O) groups excluding carboxylic acids is 1. The highest BCUT2D eigenvalue weighted by atomic mass is 32.2. The van der Waals surface area contributed by atoms with E-state index < -0.39 is 16.0 Å². The summed E-state index contributed by atoms with van der Waals surface area (Å²) in [6.07, 6.45) is -0.225. The maximum atomic E-state index is 11.8. The standard InChI is InChI=1S/C14H21NO5S/c1-9(2)10(3)20-14(16)8-11-5-6-12(19-4)13(7-11)21(15,17)18/h5-7,9-10H,8H2,1-4H3,(H2,15,17,18). The molecule has 1 aromatic rings. The summed E-state index contributed by atoms with van der Waals surface area (Å²) < 4.78 is 33.2. The largest absolute Gasteiger partial charge is 0.495 e. The van der Waals surface area contributed by atoms with Gasteiger partial charge < -0.3 is 9.47 Å². The predicted octanol–water partition coefficient (Wildman–Crippen LogP) is 1.47. The second-order valence-electron chi connectivity index (χ2n) is 5.15. The maximum Gasteiger partial charge on any atom is 0.310 e. The SMILES string of the molecule is COc1ccc(CC(=O)OC(C)C(C)C)cc1S(N)(=O)=O. The summed E-state index contributed by atoms with van der Waals surface area (Å²) in [6.45, 7) is 5.71. The van der Waals surface area contributed by atoms with Crippen LogP contribution in [0.3, 0.4) is 0 Å². The topological polar surface area (TPSA) is 95.7 Å². The molecule has 1 aromatic carbocycles. The van der Waals surface area contributed by atoms with Gasteiger partial charge in [0.15, 0.2) is 0 Å². The van der Waals surface area contributed by atoms with Gasteiger partial charge in [-0.1, -0.05) is 19.9 Å². The first kappa shape index (κ1) is 17.5. The van der Waals surface area contributed by atoms with Crippen molar-refractivity contribution in [2.75, 3.05) is 7.11 Å². The van der Waals surface area contributed by atoms with Crippen molar-refractivity contribution in [1.82, 2.24) is 0 Å². The molecule has 0 aliphatic rings. The summed E-state index contributed by atoms with van der Waals surface area (Å²) in [5.74, 6) is -0.0586. The Kier molecular flexibility index (Phi) is 5.74. The van der Waals surface area contributed by atoms with Crippen molar-refractivity contribution in [3.8, 4) is 5.75 Å². The molecule has 118 valence electrons. The molecular weight excluding hydrogens is 294 g/mol. The molecule has 1 unspecified atom stereocenters. The zero-order chi connectivity index (χ0) is 16.2. The van der Waals surface area contributed by atoms with Crippen molar-refractivity contribution in [2.24, 2.45) is 11.1 Å². The first-order chi connectivity index (χ1) is 9.65. The number of hydrogen-bond donors (Lipinski definition) is 1. The van der Waals surface area contributed by atoms with Crippen LogP contribution >= 0.6 is 0 Å². The molecule has 0 bridgehead atoms. The quantitative estimate of drug-likeness (QED) is 0.802. The average molecular weight is 315 g/mol. The highest BCUT2D eigenvalue weighted by molar-refractivity contribution is 7.89. The van der Waals surface area contributed by atoms with Gasteiger partial charge in [0.25, 0.3) is 0 Å². The van der Waals surface area contributed by atoms with E-state index in [9.17, 15) is 13.2 Å². The Morgan fingerprint density at radius 2 is 1.90 bits per heavy atom. The summed E-state index contributed by atoms with van der Waals surface area (Å²) in [5, 5.41) is 5.13. The van der Waals surface area contributed by atoms with Gasteiger partial charge in [-0.3, -0.25) is 4.79 Å². The van der Waals surface area contributed by atoms with Crippen molar-refractivity contribution in [3.63, 3.8) is 0 Å². The number of methoxy groups -OCH3 is 1. The minimum absolute atomic E-state index is 0.0242. The van der Waals surface area contributed by atoms with E-state index in [-0.39, 0.29) is 29.1 Å². The number of ether oxygens (including phenoxy) is 2. The number of hydrogen-bond acceptors (Lipinski definition) is 5. The van der Waals surface area contributed by atoms with E-state index in [1.165, 1.54) is 19.2 Å². The summed E-state index contributed by atoms with van der Waals surface area (Å²) in [6, 6.07) is 4.40. The number of nitrogens with two attached hydrogens (primary N) is 1. The van der Waals surface area contributed by atoms with Crippen LogP contribution in [0.25, 0.3) is 0 Å². The fraction of sp³-hybridized carbons (Fsp3) is 0.500. The van der Waals surface area contributed by atoms with Crippen LogP contribution in [0, 0.1) is 5.92 Å². The minimum Gasteiger partial charge on any atom is -0.495 e. The monoisotopic (exact) mass is 315 g/mol. The lowest BCUT2D eigenvalue weighted by molar-refractivity contribution is -0.149. The second kappa shape index (κ2) is 6.91. The van der Waals surface area contributed by atoms with E-state index in [4.69, 9.17) is 14.6 Å². The molecule has 0 aliphatic carbocycles. The number of rotatable bonds is 6. The van der Waals surface area contributed by atoms with Crippen molar-refractivity contribution >= 4 is 16.0 Å². The van der Waals surface area contributed by atoms with E-state index in [0.717, 1.165) is 0 Å². The summed E-state index contributed by atoms with van der Waals surface area (Å²) >= 11 is 0. The third-order valence-corrected chi connectivity index (χ3v) is 4.07. The van der Waals surface area contributed by atoms with Crippen molar-refractivity contribution in [1.29, 1.82) is 0 Å². The van der Waals surface area contributed by atoms with Gasteiger partial charge in [0, 0.05) is 0 Å². The number of sulfonamides is 1. The molecule has 0 saturated heterocycles. The van der Waals surface area contributed by atoms with Crippen LogP contribution in [-0.4, -0.2) is 27.6 Å².